The molecule has 4 rings (SSSR count). The van der Waals surface area contributed by atoms with Gasteiger partial charge in [-0.15, -0.1) is 0 Å². The summed E-state index contributed by atoms with van der Waals surface area (Å²) >= 11 is 0. The number of aliphatic imine (C=N–C) groups is 2. The standard InChI is InChI=1S/C21H25N5/c22-19-24-20(23-18-14-8-3-9-15-18)26-21(25-19,16-10-4-1-5-11-16)17-12-6-2-7-13-17/h1,3-5,8-11,14-15,17H,2,6-7,12-13H2,(H4,22,23,24,25,26). The van der Waals surface area contributed by atoms with Gasteiger partial charge in [0.2, 0.25) is 5.96 Å². The number of hydrogen-bond donors (Lipinski definition) is 3. The predicted molar refractivity (Wildman–Crippen MR) is 107 cm³/mol. The molecule has 4 N–H and O–H groups in total. The minimum atomic E-state index is -0.659. The summed E-state index contributed by atoms with van der Waals surface area (Å²) in [5.41, 5.74) is 7.63. The third-order valence-electron chi connectivity index (χ3n) is 5.23. The van der Waals surface area contributed by atoms with Gasteiger partial charge in [-0.05, 0) is 25.0 Å². The lowest BCUT2D eigenvalue weighted by atomic mass is 9.76. The number of guanidine groups is 2. The molecule has 1 heterocycles. The fourth-order valence-electron chi connectivity index (χ4n) is 4.01. The number of hydrogen-bond acceptors (Lipinski definition) is 5. The molecule has 1 saturated carbocycles. The van der Waals surface area contributed by atoms with Crippen molar-refractivity contribution >= 4 is 17.6 Å². The van der Waals surface area contributed by atoms with Crippen LogP contribution in [0, 0.1) is 5.92 Å². The summed E-state index contributed by atoms with van der Waals surface area (Å²) in [6.07, 6.45) is 5.97. The Hall–Kier alpha value is -2.82. The minimum absolute atomic E-state index is 0.354. The molecular formula is C21H25N5. The zero-order valence-corrected chi connectivity index (χ0v) is 14.9. The van der Waals surface area contributed by atoms with Crippen LogP contribution in [0.2, 0.25) is 0 Å². The van der Waals surface area contributed by atoms with Crippen LogP contribution in [0.5, 0.6) is 0 Å². The number of nitrogens with two attached hydrogens (primary N) is 1. The van der Waals surface area contributed by atoms with E-state index in [9.17, 15) is 0 Å². The number of para-hydroxylation sites is 1. The molecule has 5 nitrogen and oxygen atoms in total. The number of rotatable bonds is 3. The first-order valence-electron chi connectivity index (χ1n) is 9.36. The Morgan fingerprint density at radius 2 is 1.54 bits per heavy atom. The summed E-state index contributed by atoms with van der Waals surface area (Å²) < 4.78 is 0. The summed E-state index contributed by atoms with van der Waals surface area (Å²) in [5, 5.41) is 6.45. The highest BCUT2D eigenvalue weighted by Crippen LogP contribution is 2.44. The van der Waals surface area contributed by atoms with Crippen molar-refractivity contribution in [2.24, 2.45) is 21.6 Å². The fraction of sp³-hybridized carbons (Fsp3) is 0.333. The molecule has 0 spiro atoms. The van der Waals surface area contributed by atoms with E-state index in [0.717, 1.165) is 24.1 Å². The van der Waals surface area contributed by atoms with E-state index in [1.54, 1.807) is 0 Å². The van der Waals surface area contributed by atoms with Crippen LogP contribution >= 0.6 is 0 Å². The lowest BCUT2D eigenvalue weighted by Crippen LogP contribution is -2.50. The molecule has 1 unspecified atom stereocenters. The normalized spacial score (nSPS) is 23.5. The van der Waals surface area contributed by atoms with E-state index in [1.807, 2.05) is 48.5 Å². The smallest absolute Gasteiger partial charge is 0.205 e. The highest BCUT2D eigenvalue weighted by Gasteiger charge is 2.43. The van der Waals surface area contributed by atoms with E-state index < -0.39 is 5.66 Å². The third kappa shape index (κ3) is 3.29. The number of anilines is 1. The van der Waals surface area contributed by atoms with Crippen LogP contribution in [-0.4, -0.2) is 11.9 Å². The Bertz CT molecular complexity index is 794. The van der Waals surface area contributed by atoms with Gasteiger partial charge in [0, 0.05) is 17.2 Å². The van der Waals surface area contributed by atoms with Crippen LogP contribution in [0.3, 0.4) is 0 Å². The van der Waals surface area contributed by atoms with Gasteiger partial charge in [0.05, 0.1) is 0 Å². The first-order chi connectivity index (χ1) is 12.8. The van der Waals surface area contributed by atoms with Crippen molar-refractivity contribution < 1.29 is 0 Å². The van der Waals surface area contributed by atoms with Crippen molar-refractivity contribution in [3.8, 4) is 0 Å². The van der Waals surface area contributed by atoms with Crippen molar-refractivity contribution in [2.45, 2.75) is 37.8 Å². The molecule has 5 heteroatoms. The summed E-state index contributed by atoms with van der Waals surface area (Å²) in [4.78, 5) is 9.94. The molecule has 1 atom stereocenters. The van der Waals surface area contributed by atoms with Gasteiger partial charge in [-0.2, -0.15) is 0 Å². The highest BCUT2D eigenvalue weighted by molar-refractivity contribution is 6.06. The Kier molecular flexibility index (Phi) is 4.61. The van der Waals surface area contributed by atoms with Crippen LogP contribution in [0.15, 0.2) is 70.6 Å². The second-order valence-electron chi connectivity index (χ2n) is 7.00. The van der Waals surface area contributed by atoms with Crippen molar-refractivity contribution in [3.05, 3.63) is 66.2 Å². The molecule has 1 aliphatic carbocycles. The lowest BCUT2D eigenvalue weighted by molar-refractivity contribution is 0.214. The van der Waals surface area contributed by atoms with Gasteiger partial charge in [-0.25, -0.2) is 9.98 Å². The van der Waals surface area contributed by atoms with Gasteiger partial charge in [0.15, 0.2) is 11.6 Å². The molecule has 2 aromatic rings. The van der Waals surface area contributed by atoms with Gasteiger partial charge < -0.3 is 11.1 Å². The molecule has 26 heavy (non-hydrogen) atoms. The Morgan fingerprint density at radius 3 is 2.23 bits per heavy atom. The van der Waals surface area contributed by atoms with Gasteiger partial charge in [0.25, 0.3) is 0 Å². The maximum atomic E-state index is 6.22. The quantitative estimate of drug-likeness (QED) is 0.790. The number of nitrogens with one attached hydrogen (secondary N) is 2. The van der Waals surface area contributed by atoms with Crippen molar-refractivity contribution in [2.75, 3.05) is 5.32 Å². The van der Waals surface area contributed by atoms with E-state index >= 15 is 0 Å². The van der Waals surface area contributed by atoms with Crippen LogP contribution in [0.4, 0.5) is 5.69 Å². The largest absolute Gasteiger partial charge is 0.370 e. The Labute approximate surface area is 154 Å². The fourth-order valence-corrected chi connectivity index (χ4v) is 4.01. The van der Waals surface area contributed by atoms with Gasteiger partial charge >= 0.3 is 0 Å². The predicted octanol–water partition coefficient (Wildman–Crippen LogP) is 3.81. The van der Waals surface area contributed by atoms with Crippen LogP contribution in [-0.2, 0) is 5.66 Å². The maximum absolute atomic E-state index is 6.22. The second kappa shape index (κ2) is 7.20. The Balaban J connectivity index is 1.76. The highest BCUT2D eigenvalue weighted by atomic mass is 15.3. The lowest BCUT2D eigenvalue weighted by Gasteiger charge is -2.39. The van der Waals surface area contributed by atoms with Crippen molar-refractivity contribution in [3.63, 3.8) is 0 Å². The SMILES string of the molecule is NC1=NC(c2ccccc2)(C2CCCCC2)N=C(Nc2ccccc2)N1. The molecule has 0 bridgehead atoms. The zero-order valence-electron chi connectivity index (χ0n) is 14.9. The van der Waals surface area contributed by atoms with Gasteiger partial charge in [-0.1, -0.05) is 67.8 Å². The molecule has 2 aliphatic rings. The average molecular weight is 347 g/mol. The van der Waals surface area contributed by atoms with Crippen molar-refractivity contribution in [1.82, 2.24) is 5.32 Å². The molecular weight excluding hydrogens is 322 g/mol. The first kappa shape index (κ1) is 16.6. The van der Waals surface area contributed by atoms with E-state index in [0.29, 0.717) is 17.8 Å². The molecule has 0 radical (unpaired) electrons. The summed E-state index contributed by atoms with van der Waals surface area (Å²) in [7, 11) is 0. The van der Waals surface area contributed by atoms with E-state index in [2.05, 4.69) is 22.8 Å². The van der Waals surface area contributed by atoms with Crippen LogP contribution in [0.25, 0.3) is 0 Å². The maximum Gasteiger partial charge on any atom is 0.205 e. The molecule has 1 fully saturated rings. The topological polar surface area (TPSA) is 74.8 Å². The third-order valence-corrected chi connectivity index (χ3v) is 5.23. The Morgan fingerprint density at radius 1 is 0.885 bits per heavy atom. The molecule has 0 aromatic heterocycles. The molecule has 1 aliphatic heterocycles. The second-order valence-corrected chi connectivity index (χ2v) is 7.00. The molecule has 134 valence electrons. The van der Waals surface area contributed by atoms with E-state index in [-0.39, 0.29) is 0 Å². The van der Waals surface area contributed by atoms with E-state index in [1.165, 1.54) is 19.3 Å². The summed E-state index contributed by atoms with van der Waals surface area (Å²) in [5.74, 6) is 1.41. The number of benzene rings is 2. The first-order valence-corrected chi connectivity index (χ1v) is 9.36. The van der Waals surface area contributed by atoms with Gasteiger partial charge in [0.1, 0.15) is 0 Å². The van der Waals surface area contributed by atoms with E-state index in [4.69, 9.17) is 15.7 Å². The zero-order chi connectivity index (χ0) is 17.8. The number of nitrogens with zero attached hydrogens (tertiary/aromatic N) is 2. The summed E-state index contributed by atoms with van der Waals surface area (Å²) in [6, 6.07) is 20.4. The van der Waals surface area contributed by atoms with Crippen LogP contribution < -0.4 is 16.4 Å². The van der Waals surface area contributed by atoms with Gasteiger partial charge in [-0.3, -0.25) is 5.32 Å². The van der Waals surface area contributed by atoms with Crippen molar-refractivity contribution in [1.29, 1.82) is 0 Å². The average Bonchev–Trinajstić information content (AvgIpc) is 2.69. The minimum Gasteiger partial charge on any atom is -0.370 e. The molecule has 2 aromatic carbocycles. The summed E-state index contributed by atoms with van der Waals surface area (Å²) in [6.45, 7) is 0. The molecule has 0 saturated heterocycles. The van der Waals surface area contributed by atoms with Crippen LogP contribution in [0.1, 0.15) is 37.7 Å². The molecule has 0 amide bonds. The monoisotopic (exact) mass is 347 g/mol.